The van der Waals surface area contributed by atoms with E-state index in [1.165, 1.54) is 6.20 Å². The van der Waals surface area contributed by atoms with Crippen molar-refractivity contribution in [1.29, 1.82) is 0 Å². The molecule has 0 aromatic heterocycles. The third kappa shape index (κ3) is 4.14. The zero-order valence-corrected chi connectivity index (χ0v) is 15.7. The lowest BCUT2D eigenvalue weighted by atomic mass is 9.82. The van der Waals surface area contributed by atoms with E-state index in [0.717, 1.165) is 38.5 Å². The van der Waals surface area contributed by atoms with Gasteiger partial charge < -0.3 is 14.4 Å². The highest BCUT2D eigenvalue weighted by Gasteiger charge is 2.41. The van der Waals surface area contributed by atoms with Crippen molar-refractivity contribution in [2.24, 2.45) is 22.1 Å². The fourth-order valence-corrected chi connectivity index (χ4v) is 4.05. The summed E-state index contributed by atoms with van der Waals surface area (Å²) in [6.07, 6.45) is 6.25. The van der Waals surface area contributed by atoms with Gasteiger partial charge in [0.2, 0.25) is 5.91 Å². The molecule has 3 aliphatic rings. The minimum absolute atomic E-state index is 0.00768. The Kier molecular flexibility index (Phi) is 6.40. The number of hydrogen-bond acceptors (Lipinski definition) is 6. The second kappa shape index (κ2) is 8.75. The molecule has 0 aromatic carbocycles. The Morgan fingerprint density at radius 3 is 2.54 bits per heavy atom. The number of ether oxygens (including phenoxy) is 2. The smallest absolute Gasteiger partial charge is 0.339 e. The first-order chi connectivity index (χ1) is 12.6. The number of carbonyl (C=O) groups excluding carboxylic acids is 2. The summed E-state index contributed by atoms with van der Waals surface area (Å²) in [5.41, 5.74) is 0.357. The zero-order valence-electron chi connectivity index (χ0n) is 15.7. The van der Waals surface area contributed by atoms with Gasteiger partial charge in [-0.25, -0.2) is 4.79 Å². The molecular weight excluding hydrogens is 334 g/mol. The maximum Gasteiger partial charge on any atom is 0.339 e. The largest absolute Gasteiger partial charge is 0.462 e. The van der Waals surface area contributed by atoms with Crippen LogP contribution in [0.15, 0.2) is 22.0 Å². The van der Waals surface area contributed by atoms with E-state index in [1.807, 2.05) is 4.90 Å². The molecule has 1 saturated heterocycles. The van der Waals surface area contributed by atoms with Gasteiger partial charge in [0, 0.05) is 25.2 Å². The molecule has 2 fully saturated rings. The van der Waals surface area contributed by atoms with E-state index < -0.39 is 12.1 Å². The number of carbonyl (C=O) groups is 2. The lowest BCUT2D eigenvalue weighted by Gasteiger charge is -2.40. The first kappa shape index (κ1) is 19.0. The summed E-state index contributed by atoms with van der Waals surface area (Å²) in [7, 11) is 0. The van der Waals surface area contributed by atoms with Crippen LogP contribution in [0.3, 0.4) is 0 Å². The summed E-state index contributed by atoms with van der Waals surface area (Å²) in [4.78, 5) is 27.5. The molecule has 0 radical (unpaired) electrons. The monoisotopic (exact) mass is 363 g/mol. The number of amides is 1. The Balaban J connectivity index is 1.81. The topological polar surface area (TPSA) is 80.6 Å². The molecule has 3 rings (SSSR count). The molecule has 7 heteroatoms. The van der Waals surface area contributed by atoms with Gasteiger partial charge in [-0.1, -0.05) is 6.92 Å². The minimum Gasteiger partial charge on any atom is -0.462 e. The molecule has 0 bridgehead atoms. The molecule has 1 amide bonds. The summed E-state index contributed by atoms with van der Waals surface area (Å²) in [5.74, 6) is 0.347. The first-order valence-corrected chi connectivity index (χ1v) is 9.78. The average molecular weight is 363 g/mol. The lowest BCUT2D eigenvalue weighted by molar-refractivity contribution is -0.145. The molecule has 0 N–H and O–H groups in total. The Hall–Kier alpha value is -1.76. The van der Waals surface area contributed by atoms with Gasteiger partial charge in [0.05, 0.1) is 12.8 Å². The quantitative estimate of drug-likeness (QED) is 0.703. The Morgan fingerprint density at radius 1 is 1.19 bits per heavy atom. The van der Waals surface area contributed by atoms with Crippen molar-refractivity contribution in [2.45, 2.75) is 64.6 Å². The molecule has 1 atom stereocenters. The fraction of sp³-hybridized carbons (Fsp3) is 0.789. The van der Waals surface area contributed by atoms with Crippen LogP contribution in [0.4, 0.5) is 0 Å². The van der Waals surface area contributed by atoms with Crippen LogP contribution < -0.4 is 0 Å². The van der Waals surface area contributed by atoms with Crippen LogP contribution in [0.1, 0.15) is 52.4 Å². The second-order valence-electron chi connectivity index (χ2n) is 7.46. The predicted molar refractivity (Wildman–Crippen MR) is 95.2 cm³/mol. The maximum atomic E-state index is 13.4. The molecule has 2 heterocycles. The van der Waals surface area contributed by atoms with Crippen LogP contribution in [0.25, 0.3) is 0 Å². The Bertz CT molecular complexity index is 575. The van der Waals surface area contributed by atoms with Crippen molar-refractivity contribution in [3.63, 3.8) is 0 Å². The molecule has 144 valence electrons. The molecule has 2 aliphatic heterocycles. The van der Waals surface area contributed by atoms with Crippen molar-refractivity contribution >= 4 is 11.9 Å². The van der Waals surface area contributed by atoms with E-state index in [2.05, 4.69) is 17.2 Å². The van der Waals surface area contributed by atoms with Gasteiger partial charge in [0.1, 0.15) is 5.57 Å². The third-order valence-electron chi connectivity index (χ3n) is 5.63. The Labute approximate surface area is 154 Å². The van der Waals surface area contributed by atoms with Gasteiger partial charge in [-0.2, -0.15) is 10.2 Å². The highest BCUT2D eigenvalue weighted by molar-refractivity contribution is 5.91. The SMILES string of the molecule is CCOC(=O)C1=CN=NC1N(C(=O)C1CCC(C)CC1)C1CCOCC1. The van der Waals surface area contributed by atoms with Gasteiger partial charge >= 0.3 is 5.97 Å². The molecule has 0 spiro atoms. The highest BCUT2D eigenvalue weighted by Crippen LogP contribution is 2.34. The summed E-state index contributed by atoms with van der Waals surface area (Å²) in [6.45, 7) is 5.54. The van der Waals surface area contributed by atoms with Crippen LogP contribution >= 0.6 is 0 Å². The van der Waals surface area contributed by atoms with E-state index in [4.69, 9.17) is 9.47 Å². The van der Waals surface area contributed by atoms with Gasteiger partial charge in [0.15, 0.2) is 6.17 Å². The number of esters is 1. The molecule has 1 aliphatic carbocycles. The molecule has 1 saturated carbocycles. The lowest BCUT2D eigenvalue weighted by Crippen LogP contribution is -2.52. The van der Waals surface area contributed by atoms with Crippen LogP contribution in [-0.2, 0) is 19.1 Å². The van der Waals surface area contributed by atoms with E-state index >= 15 is 0 Å². The van der Waals surface area contributed by atoms with Gasteiger partial charge in [-0.15, -0.1) is 0 Å². The average Bonchev–Trinajstić information content (AvgIpc) is 3.13. The summed E-state index contributed by atoms with van der Waals surface area (Å²) in [6, 6.07) is 0.0236. The number of hydrogen-bond donors (Lipinski definition) is 0. The van der Waals surface area contributed by atoms with Crippen LogP contribution in [-0.4, -0.2) is 48.8 Å². The van der Waals surface area contributed by atoms with Crippen LogP contribution in [0.2, 0.25) is 0 Å². The van der Waals surface area contributed by atoms with Crippen molar-refractivity contribution in [3.05, 3.63) is 11.8 Å². The van der Waals surface area contributed by atoms with E-state index in [-0.39, 0.29) is 24.5 Å². The van der Waals surface area contributed by atoms with Crippen molar-refractivity contribution in [3.8, 4) is 0 Å². The van der Waals surface area contributed by atoms with E-state index in [1.54, 1.807) is 6.92 Å². The molecule has 7 nitrogen and oxygen atoms in total. The molecule has 26 heavy (non-hydrogen) atoms. The van der Waals surface area contributed by atoms with Crippen LogP contribution in [0, 0.1) is 11.8 Å². The highest BCUT2D eigenvalue weighted by atomic mass is 16.5. The Morgan fingerprint density at radius 2 is 1.88 bits per heavy atom. The minimum atomic E-state index is -0.663. The summed E-state index contributed by atoms with van der Waals surface area (Å²) < 4.78 is 10.6. The van der Waals surface area contributed by atoms with Gasteiger partial charge in [0.25, 0.3) is 0 Å². The number of azo groups is 1. The van der Waals surface area contributed by atoms with Crippen LogP contribution in [0.5, 0.6) is 0 Å². The zero-order chi connectivity index (χ0) is 18.5. The molecule has 1 unspecified atom stereocenters. The molecule has 0 aromatic rings. The number of nitrogens with zero attached hydrogens (tertiary/aromatic N) is 3. The predicted octanol–water partition coefficient (Wildman–Crippen LogP) is 3.06. The fourth-order valence-electron chi connectivity index (χ4n) is 4.05. The maximum absolute atomic E-state index is 13.4. The van der Waals surface area contributed by atoms with Crippen molar-refractivity contribution in [1.82, 2.24) is 4.90 Å². The number of rotatable bonds is 5. The second-order valence-corrected chi connectivity index (χ2v) is 7.46. The normalized spacial score (nSPS) is 29.3. The summed E-state index contributed by atoms with van der Waals surface area (Å²) in [5, 5.41) is 8.16. The standard InChI is InChI=1S/C19H29N3O4/c1-3-26-19(24)16-12-20-21-17(16)22(15-8-10-25-11-9-15)18(23)14-6-4-13(2)5-7-14/h12-15,17H,3-11H2,1-2H3. The van der Waals surface area contributed by atoms with E-state index in [0.29, 0.717) is 24.7 Å². The summed E-state index contributed by atoms with van der Waals surface area (Å²) >= 11 is 0. The van der Waals surface area contributed by atoms with Gasteiger partial charge in [-0.3, -0.25) is 4.79 Å². The van der Waals surface area contributed by atoms with E-state index in [9.17, 15) is 9.59 Å². The van der Waals surface area contributed by atoms with Gasteiger partial charge in [-0.05, 0) is 51.4 Å². The third-order valence-corrected chi connectivity index (χ3v) is 5.63. The van der Waals surface area contributed by atoms with Crippen molar-refractivity contribution < 1.29 is 19.1 Å². The molecular formula is C19H29N3O4. The van der Waals surface area contributed by atoms with Crippen molar-refractivity contribution in [2.75, 3.05) is 19.8 Å². The first-order valence-electron chi connectivity index (χ1n) is 9.78.